The predicted octanol–water partition coefficient (Wildman–Crippen LogP) is 2.67. The number of carbonyl (C=O) groups is 2. The minimum Gasteiger partial charge on any atom is -0.369 e. The van der Waals surface area contributed by atoms with Crippen molar-refractivity contribution in [3.63, 3.8) is 0 Å². The molecule has 0 heterocycles. The second-order valence-corrected chi connectivity index (χ2v) is 7.55. The van der Waals surface area contributed by atoms with Gasteiger partial charge in [-0.15, -0.1) is 0 Å². The van der Waals surface area contributed by atoms with Crippen molar-refractivity contribution < 1.29 is 18.0 Å². The van der Waals surface area contributed by atoms with Gasteiger partial charge in [-0.25, -0.2) is 17.9 Å². The number of benzene rings is 2. The first-order valence-corrected chi connectivity index (χ1v) is 10.8. The molecule has 0 radical (unpaired) electrons. The molecule has 0 bridgehead atoms. The summed E-state index contributed by atoms with van der Waals surface area (Å²) in [6.45, 7) is 6.06. The quantitative estimate of drug-likeness (QED) is 0.523. The van der Waals surface area contributed by atoms with Crippen LogP contribution in [0.25, 0.3) is 11.1 Å². The summed E-state index contributed by atoms with van der Waals surface area (Å²) in [6, 6.07) is 13.0. The van der Waals surface area contributed by atoms with Crippen LogP contribution in [0.5, 0.6) is 0 Å². The van der Waals surface area contributed by atoms with Gasteiger partial charge >= 0.3 is 6.03 Å². The van der Waals surface area contributed by atoms with Crippen molar-refractivity contribution in [2.75, 3.05) is 18.4 Å². The van der Waals surface area contributed by atoms with Gasteiger partial charge in [-0.1, -0.05) is 45.0 Å². The first kappa shape index (κ1) is 24.1. The molecule has 0 aliphatic rings. The van der Waals surface area contributed by atoms with Crippen LogP contribution < -0.4 is 21.1 Å². The standard InChI is InChI=1S/C18H22N4O4S.C2H6/c1-2-9-20-18(24)22-15-7-3-5-13(10-15)14-6-4-8-16(11-14)27(25,26)21-12-17(19)23;1-2/h3-8,10-11,21H,2,9,12H2,1H3,(H2,19,23)(H2,20,22,24);1-2H3. The summed E-state index contributed by atoms with van der Waals surface area (Å²) in [7, 11) is -3.86. The third-order valence-corrected chi connectivity index (χ3v) is 4.97. The van der Waals surface area contributed by atoms with Crippen LogP contribution >= 0.6 is 0 Å². The van der Waals surface area contributed by atoms with E-state index in [1.165, 1.54) is 12.1 Å². The van der Waals surface area contributed by atoms with E-state index in [0.29, 0.717) is 17.8 Å². The lowest BCUT2D eigenvalue weighted by molar-refractivity contribution is -0.116. The van der Waals surface area contributed by atoms with Crippen LogP contribution in [-0.2, 0) is 14.8 Å². The Morgan fingerprint density at radius 1 is 1.00 bits per heavy atom. The largest absolute Gasteiger partial charge is 0.369 e. The molecule has 3 amide bonds. The molecule has 0 aliphatic heterocycles. The minimum absolute atomic E-state index is 0.0142. The van der Waals surface area contributed by atoms with Crippen LogP contribution in [0.4, 0.5) is 10.5 Å². The van der Waals surface area contributed by atoms with Gasteiger partial charge in [-0.05, 0) is 41.8 Å². The Morgan fingerprint density at radius 2 is 1.62 bits per heavy atom. The van der Waals surface area contributed by atoms with E-state index in [2.05, 4.69) is 15.4 Å². The summed E-state index contributed by atoms with van der Waals surface area (Å²) in [5.41, 5.74) is 6.94. The topological polar surface area (TPSA) is 130 Å². The molecular formula is C20H28N4O4S. The fourth-order valence-electron chi connectivity index (χ4n) is 2.28. The molecule has 0 spiro atoms. The summed E-state index contributed by atoms with van der Waals surface area (Å²) in [5.74, 6) is -0.769. The molecule has 2 rings (SSSR count). The number of anilines is 1. The van der Waals surface area contributed by atoms with Gasteiger partial charge in [0.15, 0.2) is 0 Å². The van der Waals surface area contributed by atoms with Gasteiger partial charge in [0, 0.05) is 12.2 Å². The van der Waals surface area contributed by atoms with E-state index in [9.17, 15) is 18.0 Å². The second kappa shape index (κ2) is 11.8. The summed E-state index contributed by atoms with van der Waals surface area (Å²) in [6.07, 6.45) is 0.832. The number of sulfonamides is 1. The van der Waals surface area contributed by atoms with Crippen molar-refractivity contribution in [3.8, 4) is 11.1 Å². The number of hydrogen-bond acceptors (Lipinski definition) is 4. The zero-order valence-corrected chi connectivity index (χ0v) is 17.7. The van der Waals surface area contributed by atoms with E-state index in [1.807, 2.05) is 20.8 Å². The average molecular weight is 421 g/mol. The Morgan fingerprint density at radius 3 is 2.24 bits per heavy atom. The van der Waals surface area contributed by atoms with Gasteiger partial charge in [0.25, 0.3) is 0 Å². The molecule has 0 aromatic heterocycles. The molecule has 9 heteroatoms. The molecule has 0 unspecified atom stereocenters. The number of nitrogens with two attached hydrogens (primary N) is 1. The number of amides is 3. The van der Waals surface area contributed by atoms with Crippen LogP contribution in [0, 0.1) is 0 Å². The lowest BCUT2D eigenvalue weighted by atomic mass is 10.1. The number of primary amides is 1. The number of hydrogen-bond donors (Lipinski definition) is 4. The van der Waals surface area contributed by atoms with Gasteiger partial charge in [-0.2, -0.15) is 0 Å². The van der Waals surface area contributed by atoms with Crippen molar-refractivity contribution in [1.29, 1.82) is 0 Å². The zero-order valence-electron chi connectivity index (χ0n) is 16.9. The molecule has 0 fully saturated rings. The normalized spacial score (nSPS) is 10.4. The summed E-state index contributed by atoms with van der Waals surface area (Å²) < 4.78 is 26.6. The first-order chi connectivity index (χ1) is 13.8. The maximum Gasteiger partial charge on any atom is 0.319 e. The maximum atomic E-state index is 12.2. The number of rotatable bonds is 8. The van der Waals surface area contributed by atoms with Gasteiger partial charge in [0.1, 0.15) is 0 Å². The van der Waals surface area contributed by atoms with E-state index >= 15 is 0 Å². The van der Waals surface area contributed by atoms with Crippen molar-refractivity contribution in [3.05, 3.63) is 48.5 Å². The van der Waals surface area contributed by atoms with Gasteiger partial charge < -0.3 is 16.4 Å². The monoisotopic (exact) mass is 420 g/mol. The molecule has 2 aromatic carbocycles. The average Bonchev–Trinajstić information content (AvgIpc) is 2.72. The molecule has 29 heavy (non-hydrogen) atoms. The SMILES string of the molecule is CC.CCCNC(=O)Nc1cccc(-c2cccc(S(=O)(=O)NCC(N)=O)c2)c1. The number of nitrogens with one attached hydrogen (secondary N) is 3. The zero-order chi connectivity index (χ0) is 21.9. The van der Waals surface area contributed by atoms with Crippen LogP contribution in [0.3, 0.4) is 0 Å². The first-order valence-electron chi connectivity index (χ1n) is 9.35. The maximum absolute atomic E-state index is 12.2. The molecule has 0 saturated heterocycles. The predicted molar refractivity (Wildman–Crippen MR) is 115 cm³/mol. The number of urea groups is 1. The Balaban J connectivity index is 0.00000204. The fourth-order valence-corrected chi connectivity index (χ4v) is 3.32. The van der Waals surface area contributed by atoms with Gasteiger partial charge in [0.05, 0.1) is 11.4 Å². The van der Waals surface area contributed by atoms with E-state index < -0.39 is 22.5 Å². The van der Waals surface area contributed by atoms with Crippen LogP contribution in [0.1, 0.15) is 27.2 Å². The van der Waals surface area contributed by atoms with Crippen molar-refractivity contribution in [1.82, 2.24) is 10.0 Å². The molecule has 0 atom stereocenters. The van der Waals surface area contributed by atoms with E-state index in [4.69, 9.17) is 5.73 Å². The molecule has 0 saturated carbocycles. The lowest BCUT2D eigenvalue weighted by Crippen LogP contribution is -2.33. The molecule has 2 aromatic rings. The highest BCUT2D eigenvalue weighted by Crippen LogP contribution is 2.25. The smallest absolute Gasteiger partial charge is 0.319 e. The van der Waals surface area contributed by atoms with E-state index in [1.54, 1.807) is 36.4 Å². The fraction of sp³-hybridized carbons (Fsp3) is 0.300. The molecule has 5 N–H and O–H groups in total. The Hall–Kier alpha value is -2.91. The highest BCUT2D eigenvalue weighted by molar-refractivity contribution is 7.89. The van der Waals surface area contributed by atoms with Crippen LogP contribution in [0.2, 0.25) is 0 Å². The van der Waals surface area contributed by atoms with Crippen molar-refractivity contribution in [2.24, 2.45) is 5.73 Å². The second-order valence-electron chi connectivity index (χ2n) is 5.78. The minimum atomic E-state index is -3.86. The Labute approximate surface area is 171 Å². The van der Waals surface area contributed by atoms with E-state index in [0.717, 1.165) is 12.0 Å². The van der Waals surface area contributed by atoms with E-state index in [-0.39, 0.29) is 10.9 Å². The lowest BCUT2D eigenvalue weighted by Gasteiger charge is -2.10. The summed E-state index contributed by atoms with van der Waals surface area (Å²) in [4.78, 5) is 22.6. The highest BCUT2D eigenvalue weighted by atomic mass is 32.2. The van der Waals surface area contributed by atoms with Crippen molar-refractivity contribution in [2.45, 2.75) is 32.1 Å². The third-order valence-electron chi connectivity index (χ3n) is 3.57. The summed E-state index contributed by atoms with van der Waals surface area (Å²) in [5, 5.41) is 5.45. The third kappa shape index (κ3) is 7.92. The number of carbonyl (C=O) groups excluding carboxylic acids is 2. The molecular weight excluding hydrogens is 392 g/mol. The Kier molecular flexibility index (Phi) is 9.84. The van der Waals surface area contributed by atoms with Crippen LogP contribution in [0.15, 0.2) is 53.4 Å². The van der Waals surface area contributed by atoms with Gasteiger partial charge in [0.2, 0.25) is 15.9 Å². The molecule has 0 aliphatic carbocycles. The highest BCUT2D eigenvalue weighted by Gasteiger charge is 2.15. The van der Waals surface area contributed by atoms with Crippen molar-refractivity contribution >= 4 is 27.6 Å². The molecule has 8 nitrogen and oxygen atoms in total. The van der Waals surface area contributed by atoms with Crippen LogP contribution in [-0.4, -0.2) is 33.4 Å². The van der Waals surface area contributed by atoms with Gasteiger partial charge in [-0.3, -0.25) is 4.79 Å². The summed E-state index contributed by atoms with van der Waals surface area (Å²) >= 11 is 0. The molecule has 158 valence electrons. The Bertz CT molecular complexity index is 930.